The topological polar surface area (TPSA) is 20.3 Å². The molecular weight excluding hydrogens is 322 g/mol. The summed E-state index contributed by atoms with van der Waals surface area (Å²) in [4.78, 5) is 15.7. The number of halogens is 1. The van der Waals surface area contributed by atoms with Gasteiger partial charge in [-0.3, -0.25) is 9.69 Å². The van der Waals surface area contributed by atoms with Gasteiger partial charge in [0.15, 0.2) is 5.78 Å². The monoisotopic (exact) mass is 343 g/mol. The molecule has 0 unspecified atom stereocenters. The van der Waals surface area contributed by atoms with Crippen LogP contribution in [0.5, 0.6) is 0 Å². The van der Waals surface area contributed by atoms with Crippen molar-refractivity contribution >= 4 is 33.0 Å². The van der Waals surface area contributed by atoms with E-state index >= 15 is 0 Å². The minimum absolute atomic E-state index is 0.259. The van der Waals surface area contributed by atoms with Crippen molar-refractivity contribution < 1.29 is 4.79 Å². The molecule has 19 heavy (non-hydrogen) atoms. The maximum Gasteiger partial charge on any atom is 0.187 e. The summed E-state index contributed by atoms with van der Waals surface area (Å²) < 4.78 is 0.943. The summed E-state index contributed by atoms with van der Waals surface area (Å²) in [5.74, 6) is 0.870. The van der Waals surface area contributed by atoms with Gasteiger partial charge in [0.2, 0.25) is 0 Å². The van der Waals surface area contributed by atoms with Crippen molar-refractivity contribution in [2.24, 2.45) is 5.92 Å². The minimum Gasteiger partial charge on any atom is -0.293 e. The van der Waals surface area contributed by atoms with E-state index in [1.165, 1.54) is 37.0 Å². The quantitative estimate of drug-likeness (QED) is 0.703. The Morgan fingerprint density at radius 3 is 2.68 bits per heavy atom. The highest BCUT2D eigenvalue weighted by Gasteiger charge is 2.26. The fraction of sp³-hybridized carbons (Fsp3) is 0.667. The van der Waals surface area contributed by atoms with Crippen LogP contribution in [-0.4, -0.2) is 29.8 Å². The molecule has 0 radical (unpaired) electrons. The number of Topliss-reactive ketones (excluding diaryl/α,β-unsaturated/α-hetero) is 1. The van der Waals surface area contributed by atoms with Crippen LogP contribution in [0.3, 0.4) is 0 Å². The molecule has 0 N–H and O–H groups in total. The van der Waals surface area contributed by atoms with Gasteiger partial charge in [-0.1, -0.05) is 26.7 Å². The van der Waals surface area contributed by atoms with Crippen molar-refractivity contribution in [1.29, 1.82) is 0 Å². The Morgan fingerprint density at radius 2 is 2.16 bits per heavy atom. The predicted octanol–water partition coefficient (Wildman–Crippen LogP) is 4.59. The lowest BCUT2D eigenvalue weighted by Gasteiger charge is -2.29. The molecule has 0 atom stereocenters. The van der Waals surface area contributed by atoms with Gasteiger partial charge in [0.05, 0.1) is 11.4 Å². The Balaban J connectivity index is 2.02. The molecule has 1 aliphatic rings. The molecule has 0 bridgehead atoms. The van der Waals surface area contributed by atoms with Crippen molar-refractivity contribution in [3.63, 3.8) is 0 Å². The van der Waals surface area contributed by atoms with Crippen LogP contribution in [0.25, 0.3) is 0 Å². The van der Waals surface area contributed by atoms with Gasteiger partial charge in [0.25, 0.3) is 0 Å². The molecule has 1 fully saturated rings. The second-order valence-electron chi connectivity index (χ2n) is 5.78. The molecule has 0 spiro atoms. The molecule has 2 rings (SSSR count). The number of ketones is 1. The zero-order chi connectivity index (χ0) is 13.8. The van der Waals surface area contributed by atoms with E-state index in [9.17, 15) is 4.79 Å². The molecule has 0 aromatic carbocycles. The Bertz CT molecular complexity index is 424. The van der Waals surface area contributed by atoms with E-state index < -0.39 is 0 Å². The van der Waals surface area contributed by atoms with Gasteiger partial charge in [-0.15, -0.1) is 11.3 Å². The zero-order valence-corrected chi connectivity index (χ0v) is 14.1. The standard InChI is InChI=1S/C15H22BrNOS/c1-11(2)9-17(12-5-3-4-6-12)10-14(18)15-13(16)7-8-19-15/h7-8,11-12H,3-6,9-10H2,1-2H3. The van der Waals surface area contributed by atoms with Crippen LogP contribution >= 0.6 is 27.3 Å². The lowest BCUT2D eigenvalue weighted by Crippen LogP contribution is -2.39. The first-order valence-electron chi connectivity index (χ1n) is 7.08. The molecule has 0 saturated heterocycles. The molecule has 1 heterocycles. The van der Waals surface area contributed by atoms with Crippen molar-refractivity contribution in [2.75, 3.05) is 13.1 Å². The van der Waals surface area contributed by atoms with Crippen molar-refractivity contribution in [3.05, 3.63) is 20.8 Å². The molecule has 4 heteroatoms. The number of hydrogen-bond donors (Lipinski definition) is 0. The zero-order valence-electron chi connectivity index (χ0n) is 11.7. The Kier molecular flexibility index (Phi) is 5.60. The molecule has 0 aliphatic heterocycles. The third-order valence-electron chi connectivity index (χ3n) is 3.66. The molecule has 106 valence electrons. The maximum absolute atomic E-state index is 12.4. The molecule has 0 amide bonds. The van der Waals surface area contributed by atoms with Crippen molar-refractivity contribution in [1.82, 2.24) is 4.90 Å². The lowest BCUT2D eigenvalue weighted by molar-refractivity contribution is 0.0880. The summed E-state index contributed by atoms with van der Waals surface area (Å²) in [5.41, 5.74) is 0. The number of carbonyl (C=O) groups excluding carboxylic acids is 1. The predicted molar refractivity (Wildman–Crippen MR) is 85.0 cm³/mol. The summed E-state index contributed by atoms with van der Waals surface area (Å²) in [6.45, 7) is 6.06. The first-order valence-corrected chi connectivity index (χ1v) is 8.75. The first-order chi connectivity index (χ1) is 9.08. The van der Waals surface area contributed by atoms with E-state index in [0.29, 0.717) is 18.5 Å². The smallest absolute Gasteiger partial charge is 0.187 e. The average Bonchev–Trinajstić information content (AvgIpc) is 2.97. The average molecular weight is 344 g/mol. The van der Waals surface area contributed by atoms with E-state index in [1.54, 1.807) is 0 Å². The Morgan fingerprint density at radius 1 is 1.47 bits per heavy atom. The first kappa shape index (κ1) is 15.2. The number of carbonyl (C=O) groups is 1. The lowest BCUT2D eigenvalue weighted by atomic mass is 10.1. The Labute approximate surface area is 128 Å². The second kappa shape index (κ2) is 7.00. The summed E-state index contributed by atoms with van der Waals surface area (Å²) in [5, 5.41) is 1.97. The Hall–Kier alpha value is -0.190. The van der Waals surface area contributed by atoms with Gasteiger partial charge < -0.3 is 0 Å². The third-order valence-corrected chi connectivity index (χ3v) is 5.54. The van der Waals surface area contributed by atoms with Crippen LogP contribution in [0.1, 0.15) is 49.2 Å². The van der Waals surface area contributed by atoms with Crippen molar-refractivity contribution in [2.45, 2.75) is 45.6 Å². The molecule has 1 aromatic heterocycles. The largest absolute Gasteiger partial charge is 0.293 e. The maximum atomic E-state index is 12.4. The van der Waals surface area contributed by atoms with Crippen LogP contribution in [0.2, 0.25) is 0 Å². The van der Waals surface area contributed by atoms with Crippen LogP contribution in [0, 0.1) is 5.92 Å². The van der Waals surface area contributed by atoms with E-state index in [-0.39, 0.29) is 5.78 Å². The highest BCUT2D eigenvalue weighted by Crippen LogP contribution is 2.27. The molecule has 1 aliphatic carbocycles. The fourth-order valence-corrected chi connectivity index (χ4v) is 4.36. The normalized spacial score (nSPS) is 16.7. The van der Waals surface area contributed by atoms with Crippen LogP contribution in [0.15, 0.2) is 15.9 Å². The number of nitrogens with zero attached hydrogens (tertiary/aromatic N) is 1. The SMILES string of the molecule is CC(C)CN(CC(=O)c1sccc1Br)C1CCCC1. The van der Waals surface area contributed by atoms with E-state index in [0.717, 1.165) is 15.9 Å². The molecule has 1 saturated carbocycles. The number of thiophene rings is 1. The molecular formula is C15H22BrNOS. The summed E-state index contributed by atoms with van der Waals surface area (Å²) >= 11 is 5.00. The van der Waals surface area contributed by atoms with Crippen molar-refractivity contribution in [3.8, 4) is 0 Å². The van der Waals surface area contributed by atoms with Gasteiger partial charge >= 0.3 is 0 Å². The van der Waals surface area contributed by atoms with Crippen LogP contribution < -0.4 is 0 Å². The highest BCUT2D eigenvalue weighted by molar-refractivity contribution is 9.10. The van der Waals surface area contributed by atoms with Gasteiger partial charge in [-0.05, 0) is 46.1 Å². The molecule has 2 nitrogen and oxygen atoms in total. The number of rotatable bonds is 6. The highest BCUT2D eigenvalue weighted by atomic mass is 79.9. The van der Waals surface area contributed by atoms with E-state index in [1.807, 2.05) is 11.4 Å². The van der Waals surface area contributed by atoms with Crippen LogP contribution in [-0.2, 0) is 0 Å². The van der Waals surface area contributed by atoms with Gasteiger partial charge in [-0.25, -0.2) is 0 Å². The fourth-order valence-electron chi connectivity index (χ4n) is 2.83. The third kappa shape index (κ3) is 4.14. The van der Waals surface area contributed by atoms with Gasteiger partial charge in [0, 0.05) is 17.1 Å². The van der Waals surface area contributed by atoms with E-state index in [2.05, 4.69) is 34.7 Å². The second-order valence-corrected chi connectivity index (χ2v) is 7.55. The summed E-state index contributed by atoms with van der Waals surface area (Å²) in [6, 6.07) is 2.57. The van der Waals surface area contributed by atoms with Gasteiger partial charge in [0.1, 0.15) is 0 Å². The summed E-state index contributed by atoms with van der Waals surface area (Å²) in [6.07, 6.45) is 5.14. The minimum atomic E-state index is 0.259. The number of hydrogen-bond acceptors (Lipinski definition) is 3. The van der Waals surface area contributed by atoms with Crippen LogP contribution in [0.4, 0.5) is 0 Å². The molecule has 1 aromatic rings. The van der Waals surface area contributed by atoms with Gasteiger partial charge in [-0.2, -0.15) is 0 Å². The summed E-state index contributed by atoms with van der Waals surface area (Å²) in [7, 11) is 0. The van der Waals surface area contributed by atoms with E-state index in [4.69, 9.17) is 0 Å².